The van der Waals surface area contributed by atoms with E-state index in [9.17, 15) is 4.79 Å². The van der Waals surface area contributed by atoms with Crippen molar-refractivity contribution >= 4 is 11.7 Å². The van der Waals surface area contributed by atoms with Crippen LogP contribution in [0.3, 0.4) is 0 Å². The number of aromatic nitrogens is 1. The number of hydrogen-bond acceptors (Lipinski definition) is 5. The van der Waals surface area contributed by atoms with Crippen molar-refractivity contribution in [3.8, 4) is 5.75 Å². The molecule has 3 aromatic rings. The molecule has 0 saturated carbocycles. The summed E-state index contributed by atoms with van der Waals surface area (Å²) in [5.41, 5.74) is 1.67. The molecule has 0 saturated heterocycles. The molecule has 0 aliphatic rings. The van der Waals surface area contributed by atoms with Gasteiger partial charge in [-0.15, -0.1) is 0 Å². The highest BCUT2D eigenvalue weighted by molar-refractivity contribution is 5.94. The van der Waals surface area contributed by atoms with E-state index in [0.717, 1.165) is 17.7 Å². The molecule has 0 spiro atoms. The first-order valence-corrected chi connectivity index (χ1v) is 8.38. The SMILES string of the molecule is COc1ccccc1CCNc1cc(C(=O)NCc2ccco2)ccn1. The molecule has 6 heteroatoms. The molecule has 1 aromatic carbocycles. The topological polar surface area (TPSA) is 76.4 Å². The van der Waals surface area contributed by atoms with Crippen molar-refractivity contribution in [2.75, 3.05) is 19.0 Å². The number of anilines is 1. The Morgan fingerprint density at radius 1 is 1.19 bits per heavy atom. The van der Waals surface area contributed by atoms with Gasteiger partial charge in [-0.25, -0.2) is 4.98 Å². The van der Waals surface area contributed by atoms with E-state index in [0.29, 0.717) is 30.2 Å². The predicted octanol–water partition coefficient (Wildman–Crippen LogP) is 3.27. The van der Waals surface area contributed by atoms with Gasteiger partial charge < -0.3 is 19.8 Å². The number of ether oxygens (including phenoxy) is 1. The molecule has 0 radical (unpaired) electrons. The van der Waals surface area contributed by atoms with Crippen LogP contribution in [-0.4, -0.2) is 24.5 Å². The number of nitrogens with zero attached hydrogens (tertiary/aromatic N) is 1. The standard InChI is InChI=1S/C20H21N3O3/c1-25-18-7-3-2-5-15(18)8-10-21-19-13-16(9-11-22-19)20(24)23-14-17-6-4-12-26-17/h2-7,9,11-13H,8,10,14H2,1H3,(H,21,22)(H,23,24). The van der Waals surface area contributed by atoms with Gasteiger partial charge in [0, 0.05) is 18.3 Å². The molecular formula is C20H21N3O3. The summed E-state index contributed by atoms with van der Waals surface area (Å²) in [5, 5.41) is 6.07. The van der Waals surface area contributed by atoms with Crippen molar-refractivity contribution < 1.29 is 13.9 Å². The van der Waals surface area contributed by atoms with Crippen molar-refractivity contribution in [2.45, 2.75) is 13.0 Å². The van der Waals surface area contributed by atoms with Crippen molar-refractivity contribution in [3.63, 3.8) is 0 Å². The average molecular weight is 351 g/mol. The van der Waals surface area contributed by atoms with E-state index in [1.807, 2.05) is 30.3 Å². The minimum absolute atomic E-state index is 0.170. The minimum Gasteiger partial charge on any atom is -0.496 e. The van der Waals surface area contributed by atoms with Crippen LogP contribution in [0.5, 0.6) is 5.75 Å². The maximum Gasteiger partial charge on any atom is 0.251 e. The summed E-state index contributed by atoms with van der Waals surface area (Å²) in [6.07, 6.45) is 3.99. The Bertz CT molecular complexity index is 847. The van der Waals surface area contributed by atoms with Gasteiger partial charge in [-0.05, 0) is 42.3 Å². The van der Waals surface area contributed by atoms with Crippen molar-refractivity contribution in [2.24, 2.45) is 0 Å². The normalized spacial score (nSPS) is 10.3. The Kier molecular flexibility index (Phi) is 5.88. The van der Waals surface area contributed by atoms with Crippen LogP contribution in [0.4, 0.5) is 5.82 Å². The molecule has 2 aromatic heterocycles. The van der Waals surface area contributed by atoms with E-state index in [1.54, 1.807) is 37.8 Å². The number of para-hydroxylation sites is 1. The van der Waals surface area contributed by atoms with Crippen LogP contribution in [0.15, 0.2) is 65.4 Å². The molecule has 6 nitrogen and oxygen atoms in total. The van der Waals surface area contributed by atoms with Crippen molar-refractivity contribution in [1.82, 2.24) is 10.3 Å². The number of hydrogen-bond donors (Lipinski definition) is 2. The molecule has 0 fully saturated rings. The smallest absolute Gasteiger partial charge is 0.251 e. The van der Waals surface area contributed by atoms with Crippen LogP contribution >= 0.6 is 0 Å². The number of pyridine rings is 1. The quantitative estimate of drug-likeness (QED) is 0.651. The maximum absolute atomic E-state index is 12.2. The van der Waals surface area contributed by atoms with Gasteiger partial charge in [0.25, 0.3) is 5.91 Å². The number of benzene rings is 1. The third-order valence-corrected chi connectivity index (χ3v) is 3.92. The van der Waals surface area contributed by atoms with Gasteiger partial charge in [-0.2, -0.15) is 0 Å². The van der Waals surface area contributed by atoms with Gasteiger partial charge in [0.15, 0.2) is 0 Å². The van der Waals surface area contributed by atoms with Gasteiger partial charge in [0.05, 0.1) is 19.9 Å². The third-order valence-electron chi connectivity index (χ3n) is 3.92. The fraction of sp³-hybridized carbons (Fsp3) is 0.200. The highest BCUT2D eigenvalue weighted by Crippen LogP contribution is 2.18. The van der Waals surface area contributed by atoms with E-state index >= 15 is 0 Å². The van der Waals surface area contributed by atoms with E-state index in [2.05, 4.69) is 15.6 Å². The Hall–Kier alpha value is -3.28. The third kappa shape index (κ3) is 4.63. The number of carbonyl (C=O) groups excluding carboxylic acids is 1. The second-order valence-corrected chi connectivity index (χ2v) is 5.68. The Balaban J connectivity index is 1.54. The lowest BCUT2D eigenvalue weighted by Gasteiger charge is -2.10. The summed E-state index contributed by atoms with van der Waals surface area (Å²) in [6.45, 7) is 1.04. The lowest BCUT2D eigenvalue weighted by atomic mass is 10.1. The first-order chi connectivity index (χ1) is 12.8. The Morgan fingerprint density at radius 2 is 2.08 bits per heavy atom. The Morgan fingerprint density at radius 3 is 2.88 bits per heavy atom. The molecule has 0 atom stereocenters. The highest BCUT2D eigenvalue weighted by atomic mass is 16.5. The molecule has 0 bridgehead atoms. The van der Waals surface area contributed by atoms with Crippen molar-refractivity contribution in [1.29, 1.82) is 0 Å². The van der Waals surface area contributed by atoms with E-state index in [4.69, 9.17) is 9.15 Å². The largest absolute Gasteiger partial charge is 0.496 e. The number of nitrogens with one attached hydrogen (secondary N) is 2. The van der Waals surface area contributed by atoms with Gasteiger partial charge in [-0.3, -0.25) is 4.79 Å². The first kappa shape index (κ1) is 17.5. The Labute approximate surface area is 152 Å². The van der Waals surface area contributed by atoms with Gasteiger partial charge >= 0.3 is 0 Å². The van der Waals surface area contributed by atoms with E-state index in [1.165, 1.54) is 0 Å². The number of carbonyl (C=O) groups is 1. The number of amides is 1. The summed E-state index contributed by atoms with van der Waals surface area (Å²) in [4.78, 5) is 16.5. The molecule has 3 rings (SSSR count). The summed E-state index contributed by atoms with van der Waals surface area (Å²) in [5.74, 6) is 2.07. The van der Waals surface area contributed by atoms with Crippen LogP contribution in [0, 0.1) is 0 Å². The van der Waals surface area contributed by atoms with E-state index < -0.39 is 0 Å². The summed E-state index contributed by atoms with van der Waals surface area (Å²) in [7, 11) is 1.67. The number of methoxy groups -OCH3 is 1. The van der Waals surface area contributed by atoms with E-state index in [-0.39, 0.29) is 5.91 Å². The highest BCUT2D eigenvalue weighted by Gasteiger charge is 2.08. The zero-order valence-electron chi connectivity index (χ0n) is 14.6. The maximum atomic E-state index is 12.2. The molecule has 0 unspecified atom stereocenters. The fourth-order valence-electron chi connectivity index (χ4n) is 2.59. The van der Waals surface area contributed by atoms with Crippen LogP contribution in [0.2, 0.25) is 0 Å². The molecule has 0 aliphatic heterocycles. The van der Waals surface area contributed by atoms with Crippen LogP contribution in [0.25, 0.3) is 0 Å². The molecule has 134 valence electrons. The second-order valence-electron chi connectivity index (χ2n) is 5.68. The van der Waals surface area contributed by atoms with Crippen LogP contribution in [-0.2, 0) is 13.0 Å². The molecule has 2 N–H and O–H groups in total. The predicted molar refractivity (Wildman–Crippen MR) is 99.3 cm³/mol. The van der Waals surface area contributed by atoms with Gasteiger partial charge in [-0.1, -0.05) is 18.2 Å². The molecular weight excluding hydrogens is 330 g/mol. The van der Waals surface area contributed by atoms with Crippen LogP contribution < -0.4 is 15.4 Å². The zero-order valence-corrected chi connectivity index (χ0v) is 14.6. The minimum atomic E-state index is -0.170. The lowest BCUT2D eigenvalue weighted by Crippen LogP contribution is -2.22. The molecule has 1 amide bonds. The lowest BCUT2D eigenvalue weighted by molar-refractivity contribution is 0.0948. The van der Waals surface area contributed by atoms with Gasteiger partial charge in [0.1, 0.15) is 17.3 Å². The summed E-state index contributed by atoms with van der Waals surface area (Å²) in [6, 6.07) is 14.9. The summed E-state index contributed by atoms with van der Waals surface area (Å²) < 4.78 is 10.6. The summed E-state index contributed by atoms with van der Waals surface area (Å²) >= 11 is 0. The number of furan rings is 1. The molecule has 2 heterocycles. The second kappa shape index (κ2) is 8.71. The average Bonchev–Trinajstić information content (AvgIpc) is 3.20. The molecule has 0 aliphatic carbocycles. The van der Waals surface area contributed by atoms with Crippen molar-refractivity contribution in [3.05, 3.63) is 77.9 Å². The monoisotopic (exact) mass is 351 g/mol. The first-order valence-electron chi connectivity index (χ1n) is 8.38. The molecule has 26 heavy (non-hydrogen) atoms. The zero-order chi connectivity index (χ0) is 18.2. The van der Waals surface area contributed by atoms with Crippen LogP contribution in [0.1, 0.15) is 21.7 Å². The fourth-order valence-corrected chi connectivity index (χ4v) is 2.59. The number of rotatable bonds is 8. The van der Waals surface area contributed by atoms with Gasteiger partial charge in [0.2, 0.25) is 0 Å².